The zero-order chi connectivity index (χ0) is 18.6. The van der Waals surface area contributed by atoms with Crippen LogP contribution in [0.2, 0.25) is 0 Å². The van der Waals surface area contributed by atoms with Crippen molar-refractivity contribution < 1.29 is 9.90 Å². The van der Waals surface area contributed by atoms with Gasteiger partial charge in [-0.25, -0.2) is 4.98 Å². The molecule has 27 heavy (non-hydrogen) atoms. The van der Waals surface area contributed by atoms with Crippen LogP contribution in [0.25, 0.3) is 27.6 Å². The summed E-state index contributed by atoms with van der Waals surface area (Å²) in [5.41, 5.74) is 3.72. The van der Waals surface area contributed by atoms with E-state index in [0.717, 1.165) is 27.6 Å². The van der Waals surface area contributed by atoms with Gasteiger partial charge >= 0.3 is 0 Å². The van der Waals surface area contributed by atoms with Gasteiger partial charge in [-0.3, -0.25) is 14.8 Å². The molecule has 4 rings (SSSR count). The third-order valence-corrected chi connectivity index (χ3v) is 4.96. The number of aromatic nitrogens is 4. The molecule has 0 aliphatic carbocycles. The average molecular weight is 379 g/mol. The first kappa shape index (κ1) is 17.3. The first-order chi connectivity index (χ1) is 13.3. The van der Waals surface area contributed by atoms with Crippen LogP contribution in [0.3, 0.4) is 0 Å². The number of aliphatic hydroxyl groups excluding tert-OH is 1. The minimum atomic E-state index is -0.164. The van der Waals surface area contributed by atoms with Gasteiger partial charge in [-0.15, -0.1) is 11.3 Å². The summed E-state index contributed by atoms with van der Waals surface area (Å²) < 4.78 is 1.95. The summed E-state index contributed by atoms with van der Waals surface area (Å²) in [6.07, 6.45) is 7.38. The number of amides is 1. The lowest BCUT2D eigenvalue weighted by atomic mass is 10.2. The fourth-order valence-electron chi connectivity index (χ4n) is 2.83. The number of pyridine rings is 1. The Hall–Kier alpha value is -3.10. The van der Waals surface area contributed by atoms with E-state index in [1.807, 2.05) is 40.2 Å². The predicted molar refractivity (Wildman–Crippen MR) is 104 cm³/mol. The molecule has 136 valence electrons. The topological polar surface area (TPSA) is 92.4 Å². The van der Waals surface area contributed by atoms with Crippen LogP contribution in [0.5, 0.6) is 0 Å². The molecule has 7 nitrogen and oxygen atoms in total. The SMILES string of the molecule is O=C(NCCCO)c1cc(-c2csc(-c3cnccn3)n2)n2ccccc12. The van der Waals surface area contributed by atoms with E-state index in [4.69, 9.17) is 5.11 Å². The Balaban J connectivity index is 1.73. The van der Waals surface area contributed by atoms with Gasteiger partial charge < -0.3 is 14.8 Å². The highest BCUT2D eigenvalue weighted by atomic mass is 32.1. The summed E-state index contributed by atoms with van der Waals surface area (Å²) in [4.78, 5) is 25.6. The number of carbonyl (C=O) groups excluding carboxylic acids is 1. The van der Waals surface area contributed by atoms with Crippen molar-refractivity contribution in [2.45, 2.75) is 6.42 Å². The summed E-state index contributed by atoms with van der Waals surface area (Å²) in [5.74, 6) is -0.164. The maximum absolute atomic E-state index is 12.6. The van der Waals surface area contributed by atoms with Crippen LogP contribution in [0.1, 0.15) is 16.8 Å². The third kappa shape index (κ3) is 3.44. The van der Waals surface area contributed by atoms with Crippen molar-refractivity contribution in [3.63, 3.8) is 0 Å². The van der Waals surface area contributed by atoms with Gasteiger partial charge in [0.1, 0.15) is 10.7 Å². The summed E-state index contributed by atoms with van der Waals surface area (Å²) in [5, 5.41) is 14.5. The average Bonchev–Trinajstić information content (AvgIpc) is 3.34. The molecule has 4 aromatic rings. The lowest BCUT2D eigenvalue weighted by Gasteiger charge is -2.03. The third-order valence-electron chi connectivity index (χ3n) is 4.09. The fraction of sp³-hybridized carbons (Fsp3) is 0.158. The molecule has 1 amide bonds. The Kier molecular flexibility index (Phi) is 4.91. The molecule has 0 aromatic carbocycles. The van der Waals surface area contributed by atoms with Crippen molar-refractivity contribution in [3.05, 3.63) is 60.0 Å². The van der Waals surface area contributed by atoms with Crippen molar-refractivity contribution in [2.75, 3.05) is 13.2 Å². The van der Waals surface area contributed by atoms with Gasteiger partial charge in [-0.1, -0.05) is 6.07 Å². The van der Waals surface area contributed by atoms with Crippen LogP contribution >= 0.6 is 11.3 Å². The number of hydrogen-bond donors (Lipinski definition) is 2. The summed E-state index contributed by atoms with van der Waals surface area (Å²) in [7, 11) is 0. The monoisotopic (exact) mass is 379 g/mol. The summed E-state index contributed by atoms with van der Waals surface area (Å²) >= 11 is 1.49. The largest absolute Gasteiger partial charge is 0.396 e. The molecule has 0 aliphatic heterocycles. The Morgan fingerprint density at radius 3 is 3.00 bits per heavy atom. The van der Waals surface area contributed by atoms with E-state index in [1.165, 1.54) is 11.3 Å². The van der Waals surface area contributed by atoms with Crippen molar-refractivity contribution in [2.24, 2.45) is 0 Å². The zero-order valence-electron chi connectivity index (χ0n) is 14.4. The maximum atomic E-state index is 12.6. The van der Waals surface area contributed by atoms with Crippen LogP contribution in [0.4, 0.5) is 0 Å². The van der Waals surface area contributed by atoms with E-state index in [2.05, 4.69) is 20.3 Å². The Labute approximate surface area is 159 Å². The molecule has 0 aliphatic rings. The normalized spacial score (nSPS) is 11.0. The van der Waals surface area contributed by atoms with Gasteiger partial charge in [-0.05, 0) is 24.6 Å². The van der Waals surface area contributed by atoms with Crippen molar-refractivity contribution >= 4 is 22.8 Å². The number of nitrogens with one attached hydrogen (secondary N) is 1. The van der Waals surface area contributed by atoms with Crippen LogP contribution < -0.4 is 5.32 Å². The van der Waals surface area contributed by atoms with Crippen LogP contribution in [0, 0.1) is 0 Å². The molecule has 0 unspecified atom stereocenters. The summed E-state index contributed by atoms with van der Waals surface area (Å²) in [6, 6.07) is 7.56. The van der Waals surface area contributed by atoms with Crippen molar-refractivity contribution in [1.82, 2.24) is 24.7 Å². The minimum Gasteiger partial charge on any atom is -0.396 e. The Bertz CT molecular complexity index is 1070. The minimum absolute atomic E-state index is 0.0476. The van der Waals surface area contributed by atoms with E-state index < -0.39 is 0 Å². The molecule has 0 radical (unpaired) electrons. The fourth-order valence-corrected chi connectivity index (χ4v) is 3.60. The molecule has 0 spiro atoms. The van der Waals surface area contributed by atoms with Crippen LogP contribution in [-0.4, -0.2) is 43.5 Å². The highest BCUT2D eigenvalue weighted by Crippen LogP contribution is 2.30. The zero-order valence-corrected chi connectivity index (χ0v) is 15.2. The van der Waals surface area contributed by atoms with Gasteiger partial charge in [0, 0.05) is 37.1 Å². The molecular formula is C19H17N5O2S. The Morgan fingerprint density at radius 2 is 2.19 bits per heavy atom. The number of thiazole rings is 1. The number of fused-ring (bicyclic) bond motifs is 1. The number of rotatable bonds is 6. The highest BCUT2D eigenvalue weighted by molar-refractivity contribution is 7.13. The van der Waals surface area contributed by atoms with Gasteiger partial charge in [0.05, 0.1) is 28.7 Å². The highest BCUT2D eigenvalue weighted by Gasteiger charge is 2.18. The lowest BCUT2D eigenvalue weighted by Crippen LogP contribution is -2.24. The van der Waals surface area contributed by atoms with Gasteiger partial charge in [0.15, 0.2) is 0 Å². The van der Waals surface area contributed by atoms with E-state index in [9.17, 15) is 4.79 Å². The maximum Gasteiger partial charge on any atom is 0.253 e. The molecule has 0 atom stereocenters. The molecular weight excluding hydrogens is 362 g/mol. The van der Waals surface area contributed by atoms with Crippen LogP contribution in [0.15, 0.2) is 54.4 Å². The first-order valence-corrected chi connectivity index (χ1v) is 9.37. The van der Waals surface area contributed by atoms with Gasteiger partial charge in [0.25, 0.3) is 5.91 Å². The Morgan fingerprint density at radius 1 is 1.26 bits per heavy atom. The van der Waals surface area contributed by atoms with Gasteiger partial charge in [-0.2, -0.15) is 0 Å². The van der Waals surface area contributed by atoms with Gasteiger partial charge in [0.2, 0.25) is 0 Å². The van der Waals surface area contributed by atoms with Crippen molar-refractivity contribution in [3.8, 4) is 22.1 Å². The van der Waals surface area contributed by atoms with Crippen molar-refractivity contribution in [1.29, 1.82) is 0 Å². The number of nitrogens with zero attached hydrogens (tertiary/aromatic N) is 4. The predicted octanol–water partition coefficient (Wildman–Crippen LogP) is 2.63. The summed E-state index contributed by atoms with van der Waals surface area (Å²) in [6.45, 7) is 0.481. The molecule has 0 fully saturated rings. The second kappa shape index (κ2) is 7.65. The smallest absolute Gasteiger partial charge is 0.253 e. The molecule has 2 N–H and O–H groups in total. The second-order valence-electron chi connectivity index (χ2n) is 5.86. The quantitative estimate of drug-likeness (QED) is 0.503. The molecule has 4 heterocycles. The molecule has 0 saturated heterocycles. The van der Waals surface area contributed by atoms with E-state index in [0.29, 0.717) is 18.5 Å². The molecule has 0 saturated carbocycles. The number of carbonyl (C=O) groups is 1. The molecule has 4 aromatic heterocycles. The van der Waals surface area contributed by atoms with E-state index >= 15 is 0 Å². The van der Waals surface area contributed by atoms with Crippen LogP contribution in [-0.2, 0) is 0 Å². The standard InChI is InChI=1S/C19H17N5O2S/c25-9-3-5-22-18(26)13-10-17(24-8-2-1-4-16(13)24)15-12-27-19(23-15)14-11-20-6-7-21-14/h1-2,4,6-8,10-12,25H,3,5,9H2,(H,22,26). The lowest BCUT2D eigenvalue weighted by molar-refractivity contribution is 0.0953. The second-order valence-corrected chi connectivity index (χ2v) is 6.72. The number of aliphatic hydroxyl groups is 1. The van der Waals surface area contributed by atoms with E-state index in [1.54, 1.807) is 18.6 Å². The number of hydrogen-bond acceptors (Lipinski definition) is 6. The van der Waals surface area contributed by atoms with E-state index in [-0.39, 0.29) is 12.5 Å². The first-order valence-electron chi connectivity index (χ1n) is 8.49. The molecule has 0 bridgehead atoms. The molecule has 8 heteroatoms.